The van der Waals surface area contributed by atoms with Crippen LogP contribution in [0.15, 0.2) is 24.3 Å². The summed E-state index contributed by atoms with van der Waals surface area (Å²) < 4.78 is 0. The van der Waals surface area contributed by atoms with Crippen LogP contribution in [0.2, 0.25) is 0 Å². The van der Waals surface area contributed by atoms with Gasteiger partial charge in [-0.25, -0.2) is 0 Å². The maximum atomic E-state index is 13.0. The highest BCUT2D eigenvalue weighted by Crippen LogP contribution is 2.28. The molecule has 0 bridgehead atoms. The van der Waals surface area contributed by atoms with Gasteiger partial charge in [0, 0.05) is 25.2 Å². The number of guanidine groups is 1. The third-order valence-electron chi connectivity index (χ3n) is 6.37. The Hall–Kier alpha value is -2.88. The topological polar surface area (TPSA) is 100 Å². The maximum absolute atomic E-state index is 13.0. The van der Waals surface area contributed by atoms with Gasteiger partial charge < -0.3 is 10.2 Å². The second-order valence-electron chi connectivity index (χ2n) is 9.53. The summed E-state index contributed by atoms with van der Waals surface area (Å²) in [7, 11) is 0. The Labute approximate surface area is 184 Å². The van der Waals surface area contributed by atoms with Crippen LogP contribution in [0.3, 0.4) is 0 Å². The van der Waals surface area contributed by atoms with E-state index in [0.717, 1.165) is 18.4 Å². The van der Waals surface area contributed by atoms with Crippen LogP contribution in [0.1, 0.15) is 68.8 Å². The van der Waals surface area contributed by atoms with Crippen molar-refractivity contribution in [1.82, 2.24) is 15.1 Å². The lowest BCUT2D eigenvalue weighted by Gasteiger charge is -2.34. The molecule has 1 aromatic rings. The van der Waals surface area contributed by atoms with Gasteiger partial charge in [-0.15, -0.1) is 0 Å². The van der Waals surface area contributed by atoms with Gasteiger partial charge in [-0.3, -0.25) is 19.9 Å². The van der Waals surface area contributed by atoms with Gasteiger partial charge in [0.25, 0.3) is 11.8 Å². The summed E-state index contributed by atoms with van der Waals surface area (Å²) in [5.74, 6) is 0.534. The first-order valence-electron chi connectivity index (χ1n) is 11.1. The molecule has 7 heteroatoms. The Morgan fingerprint density at radius 2 is 2.00 bits per heavy atom. The van der Waals surface area contributed by atoms with Crippen molar-refractivity contribution in [2.45, 2.75) is 58.4 Å². The monoisotopic (exact) mass is 423 g/mol. The highest BCUT2D eigenvalue weighted by atomic mass is 16.2. The second-order valence-corrected chi connectivity index (χ2v) is 9.53. The van der Waals surface area contributed by atoms with Crippen molar-refractivity contribution in [1.29, 1.82) is 10.7 Å². The van der Waals surface area contributed by atoms with E-state index in [1.165, 1.54) is 0 Å². The van der Waals surface area contributed by atoms with E-state index in [1.54, 1.807) is 11.0 Å². The van der Waals surface area contributed by atoms with E-state index >= 15 is 0 Å². The minimum absolute atomic E-state index is 0.0124. The van der Waals surface area contributed by atoms with Gasteiger partial charge >= 0.3 is 0 Å². The van der Waals surface area contributed by atoms with Crippen molar-refractivity contribution in [2.24, 2.45) is 11.8 Å². The summed E-state index contributed by atoms with van der Waals surface area (Å²) in [6.45, 7) is 9.66. The molecule has 2 N–H and O–H groups in total. The van der Waals surface area contributed by atoms with Crippen LogP contribution >= 0.6 is 0 Å². The number of benzene rings is 1. The molecule has 2 amide bonds. The molecule has 166 valence electrons. The summed E-state index contributed by atoms with van der Waals surface area (Å²) in [5.41, 5.74) is 0.766. The van der Waals surface area contributed by atoms with Gasteiger partial charge in [0.05, 0.1) is 12.0 Å². The lowest BCUT2D eigenvalue weighted by atomic mass is 9.90. The molecular weight excluding hydrogens is 390 g/mol. The first-order valence-corrected chi connectivity index (χ1v) is 11.1. The summed E-state index contributed by atoms with van der Waals surface area (Å²) in [6.07, 6.45) is 2.30. The number of hydrogen-bond acceptors (Lipinski definition) is 4. The van der Waals surface area contributed by atoms with Crippen molar-refractivity contribution in [3.8, 4) is 6.07 Å². The first kappa shape index (κ1) is 22.8. The van der Waals surface area contributed by atoms with E-state index in [4.69, 9.17) is 10.7 Å². The number of piperidine rings is 1. The molecular formula is C24H33N5O2. The summed E-state index contributed by atoms with van der Waals surface area (Å²) in [5, 5.41) is 20.5. The number of rotatable bonds is 6. The molecule has 31 heavy (non-hydrogen) atoms. The Morgan fingerprint density at radius 3 is 2.61 bits per heavy atom. The highest BCUT2D eigenvalue weighted by Gasteiger charge is 2.46. The molecule has 0 radical (unpaired) electrons. The number of likely N-dealkylation sites (tertiary alicyclic amines) is 1. The van der Waals surface area contributed by atoms with Gasteiger partial charge in [0.2, 0.25) is 0 Å². The lowest BCUT2D eigenvalue weighted by Crippen LogP contribution is -2.46. The Kier molecular flexibility index (Phi) is 6.68. The molecule has 2 saturated heterocycles. The zero-order valence-electron chi connectivity index (χ0n) is 18.9. The minimum atomic E-state index is -0.701. The van der Waals surface area contributed by atoms with Crippen LogP contribution in [0, 0.1) is 28.6 Å². The quantitative estimate of drug-likeness (QED) is 0.733. The van der Waals surface area contributed by atoms with Crippen molar-refractivity contribution in [2.75, 3.05) is 19.6 Å². The molecule has 0 saturated carbocycles. The highest BCUT2D eigenvalue weighted by molar-refractivity contribution is 6.07. The number of nitrogens with one attached hydrogen (secondary N) is 2. The fourth-order valence-corrected chi connectivity index (χ4v) is 4.69. The Balaban J connectivity index is 1.58. The molecule has 0 aromatic heterocycles. The molecule has 2 unspecified atom stereocenters. The van der Waals surface area contributed by atoms with E-state index in [2.05, 4.69) is 25.2 Å². The molecule has 2 atom stereocenters. The molecule has 7 nitrogen and oxygen atoms in total. The van der Waals surface area contributed by atoms with Gasteiger partial charge in [0.1, 0.15) is 5.54 Å². The van der Waals surface area contributed by atoms with Crippen molar-refractivity contribution in [3.63, 3.8) is 0 Å². The van der Waals surface area contributed by atoms with Gasteiger partial charge in [-0.05, 0) is 62.6 Å². The zero-order valence-corrected chi connectivity index (χ0v) is 18.9. The number of nitrogens with zero attached hydrogens (tertiary/aromatic N) is 3. The fraction of sp³-hybridized carbons (Fsp3) is 0.583. The van der Waals surface area contributed by atoms with Crippen LogP contribution in [-0.4, -0.2) is 52.7 Å². The third kappa shape index (κ3) is 4.90. The van der Waals surface area contributed by atoms with Gasteiger partial charge in [0.15, 0.2) is 5.96 Å². The average molecular weight is 424 g/mol. The molecule has 2 heterocycles. The van der Waals surface area contributed by atoms with E-state index in [-0.39, 0.29) is 29.6 Å². The largest absolute Gasteiger partial charge is 0.342 e. The van der Waals surface area contributed by atoms with Crippen LogP contribution in [-0.2, 0) is 4.79 Å². The van der Waals surface area contributed by atoms with Crippen molar-refractivity contribution >= 4 is 17.8 Å². The number of carbonyl (C=O) groups is 2. The minimum Gasteiger partial charge on any atom is -0.342 e. The van der Waals surface area contributed by atoms with Crippen LogP contribution in [0.5, 0.6) is 0 Å². The van der Waals surface area contributed by atoms with E-state index in [0.29, 0.717) is 37.5 Å². The number of amides is 2. The fourth-order valence-electron chi connectivity index (χ4n) is 4.69. The average Bonchev–Trinajstić information content (AvgIpc) is 2.95. The molecule has 0 aliphatic carbocycles. The summed E-state index contributed by atoms with van der Waals surface area (Å²) >= 11 is 0. The van der Waals surface area contributed by atoms with E-state index in [1.807, 2.05) is 36.9 Å². The second kappa shape index (κ2) is 9.09. The molecule has 2 aliphatic heterocycles. The molecule has 1 aromatic carbocycles. The first-order chi connectivity index (χ1) is 14.6. The van der Waals surface area contributed by atoms with E-state index < -0.39 is 5.54 Å². The maximum Gasteiger partial charge on any atom is 0.254 e. The number of carbonyl (C=O) groups excluding carboxylic acids is 2. The van der Waals surface area contributed by atoms with Crippen LogP contribution in [0.4, 0.5) is 0 Å². The summed E-state index contributed by atoms with van der Waals surface area (Å²) in [4.78, 5) is 29.3. The van der Waals surface area contributed by atoms with Gasteiger partial charge in [-0.1, -0.05) is 26.0 Å². The lowest BCUT2D eigenvalue weighted by molar-refractivity contribution is -0.131. The zero-order chi connectivity index (χ0) is 22.8. The Bertz CT molecular complexity index is 897. The van der Waals surface area contributed by atoms with E-state index in [9.17, 15) is 9.59 Å². The SMILES string of the molecule is CC(C)CC1(C)NC(=N)N(CC2CCN(C(=O)c3cccc(C(C)C#N)c3)CC2)C1=O. The van der Waals surface area contributed by atoms with Crippen LogP contribution in [0.25, 0.3) is 0 Å². The predicted octanol–water partition coefficient (Wildman–Crippen LogP) is 3.34. The third-order valence-corrected chi connectivity index (χ3v) is 6.37. The Morgan fingerprint density at radius 1 is 1.32 bits per heavy atom. The number of hydrogen-bond donors (Lipinski definition) is 2. The standard InChI is InChI=1S/C24H33N5O2/c1-16(2)13-24(4)22(31)29(23(26)27-24)15-18-8-10-28(11-9-18)21(30)20-7-5-6-19(12-20)17(3)14-25/h5-7,12,16-18H,8-11,13,15H2,1-4H3,(H2,26,27). The smallest absolute Gasteiger partial charge is 0.254 e. The normalized spacial score (nSPS) is 23.1. The number of nitriles is 1. The molecule has 0 spiro atoms. The molecule has 2 fully saturated rings. The van der Waals surface area contributed by atoms with Gasteiger partial charge in [-0.2, -0.15) is 5.26 Å². The predicted molar refractivity (Wildman–Crippen MR) is 120 cm³/mol. The van der Waals surface area contributed by atoms with Crippen molar-refractivity contribution < 1.29 is 9.59 Å². The summed E-state index contributed by atoms with van der Waals surface area (Å²) in [6, 6.07) is 9.53. The van der Waals surface area contributed by atoms with Crippen molar-refractivity contribution in [3.05, 3.63) is 35.4 Å². The van der Waals surface area contributed by atoms with Crippen LogP contribution < -0.4 is 5.32 Å². The molecule has 3 rings (SSSR count). The molecule has 2 aliphatic rings.